The van der Waals surface area contributed by atoms with Crippen LogP contribution in [0.15, 0.2) is 24.4 Å². The molecule has 0 aliphatic rings. The molecule has 1 aromatic carbocycles. The highest BCUT2D eigenvalue weighted by Gasteiger charge is 2.13. The summed E-state index contributed by atoms with van der Waals surface area (Å²) in [7, 11) is 1.42. The number of nitrogens with zero attached hydrogens (tertiary/aromatic N) is 2. The second-order valence-corrected chi connectivity index (χ2v) is 3.17. The van der Waals surface area contributed by atoms with Gasteiger partial charge in [0.05, 0.1) is 16.6 Å². The normalized spacial score (nSPS) is 10.3. The quantitative estimate of drug-likeness (QED) is 0.445. The van der Waals surface area contributed by atoms with Gasteiger partial charge < -0.3 is 4.84 Å². The molecule has 0 fully saturated rings. The van der Waals surface area contributed by atoms with Crippen LogP contribution in [0.4, 0.5) is 5.69 Å². The largest absolute Gasteiger partial charge is 0.417 e. The van der Waals surface area contributed by atoms with Crippen LogP contribution in [0.5, 0.6) is 0 Å². The zero-order chi connectivity index (χ0) is 11.7. The van der Waals surface area contributed by atoms with E-state index >= 15 is 0 Å². The second-order valence-electron chi connectivity index (χ2n) is 3.17. The Hall–Kier alpha value is -2.37. The van der Waals surface area contributed by atoms with Gasteiger partial charge in [0.25, 0.3) is 5.69 Å². The average molecular weight is 220 g/mol. The Morgan fingerprint density at radius 3 is 2.81 bits per heavy atom. The molecule has 2 aromatic rings. The lowest BCUT2D eigenvalue weighted by Gasteiger charge is -2.00. The predicted molar refractivity (Wildman–Crippen MR) is 56.5 cm³/mol. The van der Waals surface area contributed by atoms with E-state index in [2.05, 4.69) is 0 Å². The van der Waals surface area contributed by atoms with Crippen molar-refractivity contribution in [3.8, 4) is 0 Å². The molecule has 0 N–H and O–H groups in total. The lowest BCUT2D eigenvalue weighted by atomic mass is 10.2. The number of fused-ring (bicyclic) bond motifs is 1. The summed E-state index contributed by atoms with van der Waals surface area (Å²) >= 11 is 0. The third kappa shape index (κ3) is 1.40. The zero-order valence-electron chi connectivity index (χ0n) is 8.41. The first-order chi connectivity index (χ1) is 7.67. The van der Waals surface area contributed by atoms with Gasteiger partial charge in [-0.25, -0.2) is 0 Å². The fraction of sp³-hybridized carbons (Fsp3) is 0.100. The Balaban J connectivity index is 2.76. The minimum Gasteiger partial charge on any atom is -0.417 e. The first-order valence-corrected chi connectivity index (χ1v) is 4.46. The maximum atomic E-state index is 10.8. The summed E-state index contributed by atoms with van der Waals surface area (Å²) < 4.78 is 1.33. The minimum absolute atomic E-state index is 0.0404. The number of nitro benzene ring substituents is 1. The molecule has 6 nitrogen and oxygen atoms in total. The highest BCUT2D eigenvalue weighted by Crippen LogP contribution is 2.24. The number of hydrogen-bond donors (Lipinski definition) is 0. The minimum atomic E-state index is -0.493. The summed E-state index contributed by atoms with van der Waals surface area (Å²) in [6.07, 6.45) is 2.17. The van der Waals surface area contributed by atoms with Crippen LogP contribution in [0.3, 0.4) is 0 Å². The number of carbonyl (C=O) groups is 1. The number of carbonyl (C=O) groups excluding carboxylic acids is 1. The molecule has 0 unspecified atom stereocenters. The third-order valence-electron chi connectivity index (χ3n) is 2.32. The Labute approximate surface area is 90.1 Å². The first kappa shape index (κ1) is 10.2. The van der Waals surface area contributed by atoms with Gasteiger partial charge in [0.1, 0.15) is 7.11 Å². The fourth-order valence-corrected chi connectivity index (χ4v) is 1.57. The fourth-order valence-electron chi connectivity index (χ4n) is 1.57. The monoisotopic (exact) mass is 220 g/mol. The number of rotatable bonds is 3. The number of aromatic nitrogens is 1. The van der Waals surface area contributed by atoms with Gasteiger partial charge in [0.15, 0.2) is 6.29 Å². The number of aldehydes is 1. The van der Waals surface area contributed by atoms with E-state index in [0.29, 0.717) is 22.8 Å². The van der Waals surface area contributed by atoms with Gasteiger partial charge in [-0.1, -0.05) is 0 Å². The standard InChI is InChI=1S/C10H8N2O4/c1-16-11-5-7(6-13)9-3-2-8(12(14)15)4-10(9)11/h2-6H,1H3. The van der Waals surface area contributed by atoms with E-state index in [1.54, 1.807) is 0 Å². The molecule has 2 rings (SSSR count). The van der Waals surface area contributed by atoms with E-state index in [1.807, 2.05) is 0 Å². The number of hydrogen-bond acceptors (Lipinski definition) is 4. The van der Waals surface area contributed by atoms with Crippen molar-refractivity contribution >= 4 is 22.9 Å². The van der Waals surface area contributed by atoms with E-state index in [0.717, 1.165) is 0 Å². The van der Waals surface area contributed by atoms with Crippen LogP contribution >= 0.6 is 0 Å². The molecule has 0 aliphatic carbocycles. The predicted octanol–water partition coefficient (Wildman–Crippen LogP) is 1.42. The van der Waals surface area contributed by atoms with Crippen LogP contribution in [0.1, 0.15) is 10.4 Å². The third-order valence-corrected chi connectivity index (χ3v) is 2.32. The molecule has 82 valence electrons. The summed E-state index contributed by atoms with van der Waals surface area (Å²) in [5.74, 6) is 0. The molecule has 0 spiro atoms. The molecule has 0 atom stereocenters. The van der Waals surface area contributed by atoms with E-state index in [-0.39, 0.29) is 5.69 Å². The highest BCUT2D eigenvalue weighted by molar-refractivity contribution is 5.98. The van der Waals surface area contributed by atoms with Crippen LogP contribution in [0, 0.1) is 10.1 Å². The SMILES string of the molecule is COn1cc(C=O)c2ccc([N+](=O)[O-])cc21. The summed E-state index contributed by atoms with van der Waals surface area (Å²) in [5.41, 5.74) is 0.895. The smallest absolute Gasteiger partial charge is 0.271 e. The molecule has 6 heteroatoms. The average Bonchev–Trinajstić information content (AvgIpc) is 2.65. The summed E-state index contributed by atoms with van der Waals surface area (Å²) in [5, 5.41) is 11.2. The van der Waals surface area contributed by atoms with Crippen LogP contribution < -0.4 is 4.84 Å². The molecular formula is C10H8N2O4. The van der Waals surface area contributed by atoms with Crippen LogP contribution in [-0.2, 0) is 0 Å². The van der Waals surface area contributed by atoms with Gasteiger partial charge in [-0.3, -0.25) is 14.9 Å². The second kappa shape index (κ2) is 3.65. The molecule has 0 amide bonds. The van der Waals surface area contributed by atoms with Crippen molar-refractivity contribution in [2.75, 3.05) is 7.11 Å². The van der Waals surface area contributed by atoms with Gasteiger partial charge in [0, 0.05) is 23.1 Å². The number of benzene rings is 1. The summed E-state index contributed by atoms with van der Waals surface area (Å²) in [6, 6.07) is 4.26. The van der Waals surface area contributed by atoms with Gasteiger partial charge in [-0.15, -0.1) is 0 Å². The number of nitro groups is 1. The van der Waals surface area contributed by atoms with Crippen molar-refractivity contribution in [3.05, 3.63) is 40.1 Å². The molecule has 1 aromatic heterocycles. The number of non-ortho nitro benzene ring substituents is 1. The maximum Gasteiger partial charge on any atom is 0.271 e. The lowest BCUT2D eigenvalue weighted by Crippen LogP contribution is -2.03. The van der Waals surface area contributed by atoms with Crippen LogP contribution in [0.2, 0.25) is 0 Å². The van der Waals surface area contributed by atoms with E-state index in [4.69, 9.17) is 4.84 Å². The van der Waals surface area contributed by atoms with E-state index in [9.17, 15) is 14.9 Å². The van der Waals surface area contributed by atoms with Gasteiger partial charge in [-0.05, 0) is 6.07 Å². The first-order valence-electron chi connectivity index (χ1n) is 4.46. The zero-order valence-corrected chi connectivity index (χ0v) is 8.41. The topological polar surface area (TPSA) is 74.4 Å². The van der Waals surface area contributed by atoms with Crippen molar-refractivity contribution in [3.63, 3.8) is 0 Å². The Bertz CT molecular complexity index is 573. The lowest BCUT2D eigenvalue weighted by molar-refractivity contribution is -0.384. The molecule has 0 bridgehead atoms. The molecular weight excluding hydrogens is 212 g/mol. The van der Waals surface area contributed by atoms with Crippen molar-refractivity contribution in [2.45, 2.75) is 0 Å². The van der Waals surface area contributed by atoms with Gasteiger partial charge in [0.2, 0.25) is 0 Å². The van der Waals surface area contributed by atoms with Crippen molar-refractivity contribution in [2.24, 2.45) is 0 Å². The molecule has 0 aliphatic heterocycles. The molecule has 0 radical (unpaired) electrons. The van der Waals surface area contributed by atoms with Gasteiger partial charge in [-0.2, -0.15) is 4.73 Å². The molecule has 1 heterocycles. The van der Waals surface area contributed by atoms with Gasteiger partial charge >= 0.3 is 0 Å². The Morgan fingerprint density at radius 2 is 2.25 bits per heavy atom. The van der Waals surface area contributed by atoms with Crippen molar-refractivity contribution in [1.29, 1.82) is 0 Å². The van der Waals surface area contributed by atoms with Crippen molar-refractivity contribution in [1.82, 2.24) is 4.73 Å². The van der Waals surface area contributed by atoms with E-state index in [1.165, 1.54) is 36.2 Å². The van der Waals surface area contributed by atoms with E-state index < -0.39 is 4.92 Å². The molecule has 0 saturated carbocycles. The Kier molecular flexibility index (Phi) is 2.32. The van der Waals surface area contributed by atoms with Crippen molar-refractivity contribution < 1.29 is 14.6 Å². The summed E-state index contributed by atoms with van der Waals surface area (Å²) in [6.45, 7) is 0. The maximum absolute atomic E-state index is 10.8. The highest BCUT2D eigenvalue weighted by atomic mass is 16.6. The summed E-state index contributed by atoms with van der Waals surface area (Å²) in [4.78, 5) is 25.9. The van der Waals surface area contributed by atoms with Crippen LogP contribution in [-0.4, -0.2) is 23.0 Å². The van der Waals surface area contributed by atoms with Crippen LogP contribution in [0.25, 0.3) is 10.9 Å². The molecule has 0 saturated heterocycles. The Morgan fingerprint density at radius 1 is 1.50 bits per heavy atom. The molecule has 16 heavy (non-hydrogen) atoms.